The molecule has 8 nitrogen and oxygen atoms in total. The second-order valence-corrected chi connectivity index (χ2v) is 8.10. The van der Waals surface area contributed by atoms with Gasteiger partial charge in [-0.25, -0.2) is 5.43 Å². The van der Waals surface area contributed by atoms with Crippen molar-refractivity contribution in [3.63, 3.8) is 0 Å². The molecule has 1 aromatic heterocycles. The lowest BCUT2D eigenvalue weighted by atomic mass is 10.1. The Morgan fingerprint density at radius 3 is 2.35 bits per heavy atom. The highest BCUT2D eigenvalue weighted by atomic mass is 79.9. The molecule has 2 N–H and O–H groups in total. The van der Waals surface area contributed by atoms with Gasteiger partial charge in [-0.15, -0.1) is 0 Å². The Labute approximate surface area is 189 Å². The maximum absolute atomic E-state index is 5.46. The molecule has 0 saturated carbocycles. The molecule has 160 valence electrons. The van der Waals surface area contributed by atoms with Gasteiger partial charge in [-0.2, -0.15) is 20.1 Å². The standard InChI is InChI=1S/C22H24BrN7O/c1-15-3-9-19(10-4-15)24-20-25-21(27-22(26-20)30-11-13-31-14-12-30)29-28-16(2)17-5-7-18(23)8-6-17/h3-10H,11-14H2,1-2H3,(H2,24,25,26,27,29). The summed E-state index contributed by atoms with van der Waals surface area (Å²) in [6, 6.07) is 16.0. The van der Waals surface area contributed by atoms with Gasteiger partial charge in [0.1, 0.15) is 0 Å². The van der Waals surface area contributed by atoms with Gasteiger partial charge in [-0.05, 0) is 43.7 Å². The van der Waals surface area contributed by atoms with E-state index in [1.807, 2.05) is 55.5 Å². The van der Waals surface area contributed by atoms with E-state index in [1.165, 1.54) is 5.56 Å². The molecule has 1 aliphatic heterocycles. The average molecular weight is 482 g/mol. The molecular weight excluding hydrogens is 458 g/mol. The molecule has 1 aliphatic rings. The molecule has 0 bridgehead atoms. The van der Waals surface area contributed by atoms with E-state index in [9.17, 15) is 0 Å². The van der Waals surface area contributed by atoms with Crippen LogP contribution in [0.3, 0.4) is 0 Å². The number of benzene rings is 2. The number of morpholine rings is 1. The first kappa shape index (κ1) is 21.2. The van der Waals surface area contributed by atoms with E-state index >= 15 is 0 Å². The number of rotatable bonds is 6. The van der Waals surface area contributed by atoms with Crippen molar-refractivity contribution < 1.29 is 4.74 Å². The fraction of sp³-hybridized carbons (Fsp3) is 0.273. The Hall–Kier alpha value is -3.04. The second-order valence-electron chi connectivity index (χ2n) is 7.19. The minimum absolute atomic E-state index is 0.377. The molecule has 1 fully saturated rings. The Bertz CT molecular complexity index is 1050. The van der Waals surface area contributed by atoms with Crippen molar-refractivity contribution in [2.24, 2.45) is 5.10 Å². The van der Waals surface area contributed by atoms with Crippen LogP contribution in [0.15, 0.2) is 58.1 Å². The minimum atomic E-state index is 0.377. The first-order valence-electron chi connectivity index (χ1n) is 10.1. The van der Waals surface area contributed by atoms with Crippen molar-refractivity contribution in [1.82, 2.24) is 15.0 Å². The molecule has 1 saturated heterocycles. The van der Waals surface area contributed by atoms with Crippen molar-refractivity contribution in [1.29, 1.82) is 0 Å². The van der Waals surface area contributed by atoms with Gasteiger partial charge in [0.05, 0.1) is 18.9 Å². The summed E-state index contributed by atoms with van der Waals surface area (Å²) < 4.78 is 6.48. The first-order valence-corrected chi connectivity index (χ1v) is 10.8. The topological polar surface area (TPSA) is 87.6 Å². The summed E-state index contributed by atoms with van der Waals surface area (Å²) in [4.78, 5) is 15.8. The highest BCUT2D eigenvalue weighted by Gasteiger charge is 2.17. The smallest absolute Gasteiger partial charge is 0.250 e. The monoisotopic (exact) mass is 481 g/mol. The number of ether oxygens (including phenoxy) is 1. The van der Waals surface area contributed by atoms with E-state index in [0.717, 1.165) is 34.5 Å². The van der Waals surface area contributed by atoms with Gasteiger partial charge in [0.25, 0.3) is 0 Å². The van der Waals surface area contributed by atoms with Crippen LogP contribution in [0.2, 0.25) is 0 Å². The van der Waals surface area contributed by atoms with Gasteiger partial charge in [0.15, 0.2) is 0 Å². The maximum atomic E-state index is 5.46. The third-order valence-electron chi connectivity index (χ3n) is 4.81. The molecule has 0 radical (unpaired) electrons. The SMILES string of the molecule is CC(=NNc1nc(Nc2ccc(C)cc2)nc(N2CCOCC2)n1)c1ccc(Br)cc1. The quantitative estimate of drug-likeness (QED) is 0.399. The second kappa shape index (κ2) is 9.84. The van der Waals surface area contributed by atoms with Crippen LogP contribution in [0.4, 0.5) is 23.5 Å². The van der Waals surface area contributed by atoms with Crippen molar-refractivity contribution in [2.75, 3.05) is 41.9 Å². The molecule has 3 aromatic rings. The first-order chi connectivity index (χ1) is 15.1. The summed E-state index contributed by atoms with van der Waals surface area (Å²) >= 11 is 3.45. The highest BCUT2D eigenvalue weighted by Crippen LogP contribution is 2.19. The molecule has 2 heterocycles. The zero-order chi connectivity index (χ0) is 21.6. The molecule has 0 aliphatic carbocycles. The lowest BCUT2D eigenvalue weighted by Gasteiger charge is -2.27. The van der Waals surface area contributed by atoms with E-state index < -0.39 is 0 Å². The van der Waals surface area contributed by atoms with Crippen molar-refractivity contribution >= 4 is 45.2 Å². The Balaban J connectivity index is 1.59. The molecule has 31 heavy (non-hydrogen) atoms. The summed E-state index contributed by atoms with van der Waals surface area (Å²) in [6.45, 7) is 6.75. The summed E-state index contributed by atoms with van der Waals surface area (Å²) in [6.07, 6.45) is 0. The Kier molecular flexibility index (Phi) is 6.73. The summed E-state index contributed by atoms with van der Waals surface area (Å²) in [5.74, 6) is 1.42. The molecule has 0 atom stereocenters. The van der Waals surface area contributed by atoms with Crippen LogP contribution in [0, 0.1) is 6.92 Å². The van der Waals surface area contributed by atoms with E-state index in [4.69, 9.17) is 4.74 Å². The van der Waals surface area contributed by atoms with Gasteiger partial charge >= 0.3 is 0 Å². The predicted octanol–water partition coefficient (Wildman–Crippen LogP) is 4.36. The average Bonchev–Trinajstić information content (AvgIpc) is 2.80. The normalized spacial score (nSPS) is 14.4. The number of aromatic nitrogens is 3. The van der Waals surface area contributed by atoms with Crippen LogP contribution in [-0.2, 0) is 4.74 Å². The van der Waals surface area contributed by atoms with Crippen molar-refractivity contribution in [2.45, 2.75) is 13.8 Å². The van der Waals surface area contributed by atoms with Crippen LogP contribution >= 0.6 is 15.9 Å². The highest BCUT2D eigenvalue weighted by molar-refractivity contribution is 9.10. The number of hydrogen-bond donors (Lipinski definition) is 2. The zero-order valence-electron chi connectivity index (χ0n) is 17.5. The minimum Gasteiger partial charge on any atom is -0.378 e. The van der Waals surface area contributed by atoms with Crippen LogP contribution in [0.1, 0.15) is 18.1 Å². The Morgan fingerprint density at radius 1 is 0.968 bits per heavy atom. The summed E-state index contributed by atoms with van der Waals surface area (Å²) in [5.41, 5.74) is 6.92. The summed E-state index contributed by atoms with van der Waals surface area (Å²) in [7, 11) is 0. The largest absolute Gasteiger partial charge is 0.378 e. The maximum Gasteiger partial charge on any atom is 0.250 e. The van der Waals surface area contributed by atoms with Crippen LogP contribution < -0.4 is 15.6 Å². The molecular formula is C22H24BrN7O. The fourth-order valence-corrected chi connectivity index (χ4v) is 3.30. The molecule has 4 rings (SSSR count). The number of halogens is 1. The van der Waals surface area contributed by atoms with Gasteiger partial charge < -0.3 is 15.0 Å². The van der Waals surface area contributed by atoms with Crippen molar-refractivity contribution in [3.8, 4) is 0 Å². The molecule has 0 amide bonds. The fourth-order valence-electron chi connectivity index (χ4n) is 3.03. The third kappa shape index (κ3) is 5.77. The predicted molar refractivity (Wildman–Crippen MR) is 127 cm³/mol. The van der Waals surface area contributed by atoms with E-state index in [2.05, 4.69) is 58.5 Å². The van der Waals surface area contributed by atoms with Gasteiger partial charge in [0, 0.05) is 23.2 Å². The van der Waals surface area contributed by atoms with Crippen LogP contribution in [0.25, 0.3) is 0 Å². The third-order valence-corrected chi connectivity index (χ3v) is 5.34. The number of nitrogens with zero attached hydrogens (tertiary/aromatic N) is 5. The van der Waals surface area contributed by atoms with Gasteiger partial charge in [0.2, 0.25) is 17.8 Å². The number of anilines is 4. The van der Waals surface area contributed by atoms with E-state index in [-0.39, 0.29) is 0 Å². The lowest BCUT2D eigenvalue weighted by Crippen LogP contribution is -2.37. The van der Waals surface area contributed by atoms with Gasteiger partial charge in [-0.1, -0.05) is 45.8 Å². The number of hydrogen-bond acceptors (Lipinski definition) is 8. The lowest BCUT2D eigenvalue weighted by molar-refractivity contribution is 0.122. The van der Waals surface area contributed by atoms with Crippen LogP contribution in [0.5, 0.6) is 0 Å². The van der Waals surface area contributed by atoms with E-state index in [0.29, 0.717) is 31.1 Å². The van der Waals surface area contributed by atoms with Gasteiger partial charge in [-0.3, -0.25) is 0 Å². The molecule has 9 heteroatoms. The number of aryl methyl sites for hydroxylation is 1. The number of hydrazone groups is 1. The summed E-state index contributed by atoms with van der Waals surface area (Å²) in [5, 5.41) is 7.73. The van der Waals surface area contributed by atoms with Crippen LogP contribution in [-0.4, -0.2) is 47.0 Å². The molecule has 0 spiro atoms. The zero-order valence-corrected chi connectivity index (χ0v) is 19.1. The Morgan fingerprint density at radius 2 is 1.65 bits per heavy atom. The van der Waals surface area contributed by atoms with Crippen molar-refractivity contribution in [3.05, 3.63) is 64.1 Å². The number of nitrogens with one attached hydrogen (secondary N) is 2. The molecule has 2 aromatic carbocycles. The molecule has 0 unspecified atom stereocenters. The van der Waals surface area contributed by atoms with E-state index in [1.54, 1.807) is 0 Å².